The molecule has 0 spiro atoms. The quantitative estimate of drug-likeness (QED) is 0.780. The molecule has 2 fully saturated rings. The van der Waals surface area contributed by atoms with Crippen LogP contribution in [0.2, 0.25) is 0 Å². The maximum atomic E-state index is 11.3. The van der Waals surface area contributed by atoms with Crippen molar-refractivity contribution in [1.29, 1.82) is 0 Å². The van der Waals surface area contributed by atoms with E-state index in [1.807, 2.05) is 0 Å². The third kappa shape index (κ3) is 3.68. The summed E-state index contributed by atoms with van der Waals surface area (Å²) in [5.74, 6) is 0.642. The molecule has 4 heteroatoms. The molecule has 0 bridgehead atoms. The number of amides is 1. The molecule has 1 aliphatic heterocycles. The van der Waals surface area contributed by atoms with E-state index in [1.165, 1.54) is 38.6 Å². The summed E-state index contributed by atoms with van der Waals surface area (Å²) < 4.78 is 4.80. The van der Waals surface area contributed by atoms with Crippen LogP contribution in [-0.4, -0.2) is 50.2 Å². The van der Waals surface area contributed by atoms with Gasteiger partial charge in [0.05, 0.1) is 0 Å². The lowest BCUT2D eigenvalue weighted by Gasteiger charge is -2.23. The fourth-order valence-electron chi connectivity index (χ4n) is 3.07. The van der Waals surface area contributed by atoms with Gasteiger partial charge in [0.2, 0.25) is 5.91 Å². The van der Waals surface area contributed by atoms with Gasteiger partial charge >= 0.3 is 0 Å². The van der Waals surface area contributed by atoms with Crippen LogP contribution in [0, 0.1) is 5.92 Å². The Morgan fingerprint density at radius 1 is 1.35 bits per heavy atom. The molecule has 0 aromatic rings. The molecule has 1 saturated carbocycles. The Balaban J connectivity index is 1.65. The smallest absolute Gasteiger partial charge is 0.245 e. The Labute approximate surface area is 104 Å². The van der Waals surface area contributed by atoms with E-state index < -0.39 is 0 Å². The van der Waals surface area contributed by atoms with Crippen molar-refractivity contribution in [1.82, 2.24) is 10.2 Å². The third-order valence-corrected chi connectivity index (χ3v) is 4.02. The van der Waals surface area contributed by atoms with Gasteiger partial charge in [0.1, 0.15) is 6.61 Å². The molecule has 2 aliphatic rings. The number of carbonyl (C=O) groups is 1. The molecule has 2 rings (SSSR count). The van der Waals surface area contributed by atoms with Crippen molar-refractivity contribution < 1.29 is 9.53 Å². The largest absolute Gasteiger partial charge is 0.375 e. The average molecular weight is 240 g/mol. The van der Waals surface area contributed by atoms with Crippen LogP contribution in [0.4, 0.5) is 0 Å². The van der Waals surface area contributed by atoms with Crippen molar-refractivity contribution in [2.75, 3.05) is 33.4 Å². The number of hydrogen-bond donors (Lipinski definition) is 1. The zero-order valence-electron chi connectivity index (χ0n) is 10.8. The van der Waals surface area contributed by atoms with Gasteiger partial charge in [-0.05, 0) is 31.7 Å². The second kappa shape index (κ2) is 6.36. The molecular formula is C13H24N2O2. The summed E-state index contributed by atoms with van der Waals surface area (Å²) in [5.41, 5.74) is 0. The van der Waals surface area contributed by atoms with Gasteiger partial charge in [-0.15, -0.1) is 0 Å². The van der Waals surface area contributed by atoms with Gasteiger partial charge in [-0.25, -0.2) is 0 Å². The summed E-state index contributed by atoms with van der Waals surface area (Å²) in [4.78, 5) is 13.9. The molecule has 1 amide bonds. The molecule has 0 radical (unpaired) electrons. The molecule has 17 heavy (non-hydrogen) atoms. The van der Waals surface area contributed by atoms with Crippen LogP contribution in [0.25, 0.3) is 0 Å². The fourth-order valence-corrected chi connectivity index (χ4v) is 3.07. The van der Waals surface area contributed by atoms with E-state index in [0.29, 0.717) is 5.92 Å². The summed E-state index contributed by atoms with van der Waals surface area (Å²) in [6.45, 7) is 3.37. The number of nitrogens with one attached hydrogen (secondary N) is 1. The van der Waals surface area contributed by atoms with Crippen molar-refractivity contribution in [3.05, 3.63) is 0 Å². The Bertz CT molecular complexity index is 252. The predicted octanol–water partition coefficient (Wildman–Crippen LogP) is 1.01. The molecular weight excluding hydrogens is 216 g/mol. The number of carbonyl (C=O) groups excluding carboxylic acids is 1. The van der Waals surface area contributed by atoms with Crippen LogP contribution in [0.1, 0.15) is 32.1 Å². The van der Waals surface area contributed by atoms with Gasteiger partial charge in [0.25, 0.3) is 0 Å². The maximum absolute atomic E-state index is 11.3. The summed E-state index contributed by atoms with van der Waals surface area (Å²) in [7, 11) is 1.55. The van der Waals surface area contributed by atoms with E-state index in [2.05, 4.69) is 10.2 Å². The predicted molar refractivity (Wildman–Crippen MR) is 66.8 cm³/mol. The van der Waals surface area contributed by atoms with Crippen LogP contribution < -0.4 is 5.32 Å². The van der Waals surface area contributed by atoms with Gasteiger partial charge in [0, 0.05) is 26.2 Å². The van der Waals surface area contributed by atoms with Crippen molar-refractivity contribution in [2.24, 2.45) is 5.92 Å². The molecule has 1 aliphatic carbocycles. The van der Waals surface area contributed by atoms with E-state index in [1.54, 1.807) is 7.11 Å². The van der Waals surface area contributed by atoms with Crippen molar-refractivity contribution in [3.8, 4) is 0 Å². The van der Waals surface area contributed by atoms with Crippen molar-refractivity contribution >= 4 is 5.91 Å². The van der Waals surface area contributed by atoms with Crippen LogP contribution in [0.15, 0.2) is 0 Å². The molecule has 4 nitrogen and oxygen atoms in total. The van der Waals surface area contributed by atoms with Crippen LogP contribution in [-0.2, 0) is 9.53 Å². The Kier molecular flexibility index (Phi) is 4.80. The van der Waals surface area contributed by atoms with E-state index in [-0.39, 0.29) is 12.5 Å². The molecule has 0 unspecified atom stereocenters. The number of ether oxygens (including phenoxy) is 1. The summed E-state index contributed by atoms with van der Waals surface area (Å²) in [6, 6.07) is 0.828. The third-order valence-electron chi connectivity index (χ3n) is 4.02. The minimum Gasteiger partial charge on any atom is -0.375 e. The molecule has 1 N–H and O–H groups in total. The molecule has 98 valence electrons. The van der Waals surface area contributed by atoms with E-state index in [4.69, 9.17) is 4.74 Å². The number of hydrogen-bond acceptors (Lipinski definition) is 3. The fraction of sp³-hybridized carbons (Fsp3) is 0.923. The number of nitrogens with zero attached hydrogens (tertiary/aromatic N) is 1. The van der Waals surface area contributed by atoms with Crippen molar-refractivity contribution in [3.63, 3.8) is 0 Å². The SMILES string of the molecule is COCC(=O)NC[C@@H]1CCN(C2CCCC2)C1. The maximum Gasteiger partial charge on any atom is 0.245 e. The zero-order valence-corrected chi connectivity index (χ0v) is 10.8. The molecule has 1 saturated heterocycles. The highest BCUT2D eigenvalue weighted by atomic mass is 16.5. The lowest BCUT2D eigenvalue weighted by molar-refractivity contribution is -0.124. The van der Waals surface area contributed by atoms with Crippen LogP contribution in [0.5, 0.6) is 0 Å². The first kappa shape index (κ1) is 12.8. The molecule has 1 atom stereocenters. The van der Waals surface area contributed by atoms with Gasteiger partial charge in [-0.3, -0.25) is 4.79 Å². The number of methoxy groups -OCH3 is 1. The Hall–Kier alpha value is -0.610. The minimum absolute atomic E-state index is 0.00631. The van der Waals surface area contributed by atoms with Crippen molar-refractivity contribution in [2.45, 2.75) is 38.1 Å². The van der Waals surface area contributed by atoms with E-state index >= 15 is 0 Å². The second-order valence-corrected chi connectivity index (χ2v) is 5.33. The highest BCUT2D eigenvalue weighted by Gasteiger charge is 2.29. The van der Waals surface area contributed by atoms with Gasteiger partial charge in [0.15, 0.2) is 0 Å². The summed E-state index contributed by atoms with van der Waals surface area (Å²) in [5, 5.41) is 2.95. The normalized spacial score (nSPS) is 26.5. The lowest BCUT2D eigenvalue weighted by atomic mass is 10.1. The van der Waals surface area contributed by atoms with E-state index in [0.717, 1.165) is 19.1 Å². The van der Waals surface area contributed by atoms with Crippen LogP contribution in [0.3, 0.4) is 0 Å². The monoisotopic (exact) mass is 240 g/mol. The first-order valence-electron chi connectivity index (χ1n) is 6.79. The van der Waals surface area contributed by atoms with Gasteiger partial charge in [-0.2, -0.15) is 0 Å². The molecule has 0 aromatic heterocycles. The van der Waals surface area contributed by atoms with E-state index in [9.17, 15) is 4.79 Å². The Morgan fingerprint density at radius 2 is 2.12 bits per heavy atom. The zero-order chi connectivity index (χ0) is 12.1. The first-order valence-corrected chi connectivity index (χ1v) is 6.79. The summed E-state index contributed by atoms with van der Waals surface area (Å²) >= 11 is 0. The topological polar surface area (TPSA) is 41.6 Å². The molecule has 0 aromatic carbocycles. The number of rotatable bonds is 5. The molecule has 1 heterocycles. The average Bonchev–Trinajstić information content (AvgIpc) is 2.97. The second-order valence-electron chi connectivity index (χ2n) is 5.33. The highest BCUT2D eigenvalue weighted by Crippen LogP contribution is 2.28. The van der Waals surface area contributed by atoms with Crippen LogP contribution >= 0.6 is 0 Å². The van der Waals surface area contributed by atoms with Gasteiger partial charge in [-0.1, -0.05) is 12.8 Å². The highest BCUT2D eigenvalue weighted by molar-refractivity contribution is 5.77. The lowest BCUT2D eigenvalue weighted by Crippen LogP contribution is -2.35. The standard InChI is InChI=1S/C13H24N2O2/c1-17-10-13(16)14-8-11-6-7-15(9-11)12-4-2-3-5-12/h11-12H,2-10H2,1H3,(H,14,16)/t11-/m0/s1. The number of likely N-dealkylation sites (tertiary alicyclic amines) is 1. The first-order chi connectivity index (χ1) is 8.29. The van der Waals surface area contributed by atoms with Gasteiger partial charge < -0.3 is 15.0 Å². The Morgan fingerprint density at radius 3 is 2.82 bits per heavy atom. The minimum atomic E-state index is 0.00631. The summed E-state index contributed by atoms with van der Waals surface area (Å²) in [6.07, 6.45) is 6.78.